The molecular formula is C17H18BrClN2O2S. The third-order valence-electron chi connectivity index (χ3n) is 3.33. The molecule has 2 aromatic carbocycles. The van der Waals surface area contributed by atoms with Gasteiger partial charge in [0.05, 0.1) is 19.9 Å². The number of ether oxygens (including phenoxy) is 2. The molecule has 0 saturated heterocycles. The molecule has 4 nitrogen and oxygen atoms in total. The van der Waals surface area contributed by atoms with Gasteiger partial charge in [-0.25, -0.2) is 0 Å². The van der Waals surface area contributed by atoms with E-state index in [1.54, 1.807) is 32.4 Å². The van der Waals surface area contributed by atoms with Crippen molar-refractivity contribution in [3.8, 4) is 11.5 Å². The minimum atomic E-state index is 0.504. The van der Waals surface area contributed by atoms with Crippen LogP contribution in [0.1, 0.15) is 5.56 Å². The van der Waals surface area contributed by atoms with E-state index in [1.807, 2.05) is 18.2 Å². The second-order valence-corrected chi connectivity index (χ2v) is 6.69. The lowest BCUT2D eigenvalue weighted by Gasteiger charge is -2.14. The van der Waals surface area contributed by atoms with Crippen molar-refractivity contribution in [2.24, 2.45) is 0 Å². The van der Waals surface area contributed by atoms with Crippen LogP contribution in [0.2, 0.25) is 5.02 Å². The van der Waals surface area contributed by atoms with Gasteiger partial charge in [0.15, 0.2) is 5.11 Å². The Morgan fingerprint density at radius 3 is 2.54 bits per heavy atom. The molecule has 24 heavy (non-hydrogen) atoms. The molecular weight excluding hydrogens is 412 g/mol. The summed E-state index contributed by atoms with van der Waals surface area (Å²) < 4.78 is 11.7. The minimum absolute atomic E-state index is 0.504. The van der Waals surface area contributed by atoms with Gasteiger partial charge in [-0.2, -0.15) is 0 Å². The lowest BCUT2D eigenvalue weighted by atomic mass is 10.1. The Morgan fingerprint density at radius 2 is 1.83 bits per heavy atom. The maximum absolute atomic E-state index is 6.01. The van der Waals surface area contributed by atoms with Crippen LogP contribution in [0.15, 0.2) is 40.9 Å². The van der Waals surface area contributed by atoms with E-state index in [2.05, 4.69) is 26.6 Å². The van der Waals surface area contributed by atoms with Crippen molar-refractivity contribution in [3.05, 3.63) is 51.5 Å². The predicted molar refractivity (Wildman–Crippen MR) is 107 cm³/mol. The zero-order chi connectivity index (χ0) is 17.5. The first kappa shape index (κ1) is 18.8. The van der Waals surface area contributed by atoms with Gasteiger partial charge in [0.2, 0.25) is 0 Å². The van der Waals surface area contributed by atoms with Crippen molar-refractivity contribution in [2.45, 2.75) is 6.42 Å². The molecule has 0 amide bonds. The Hall–Kier alpha value is -1.50. The van der Waals surface area contributed by atoms with Crippen LogP contribution >= 0.6 is 39.7 Å². The van der Waals surface area contributed by atoms with E-state index in [0.29, 0.717) is 22.4 Å². The molecule has 0 radical (unpaired) electrons. The first-order valence-corrected chi connectivity index (χ1v) is 8.82. The van der Waals surface area contributed by atoms with Crippen molar-refractivity contribution < 1.29 is 9.47 Å². The monoisotopic (exact) mass is 428 g/mol. The van der Waals surface area contributed by atoms with Crippen LogP contribution in [-0.2, 0) is 6.42 Å². The molecule has 0 atom stereocenters. The van der Waals surface area contributed by atoms with Crippen LogP contribution in [-0.4, -0.2) is 25.9 Å². The summed E-state index contributed by atoms with van der Waals surface area (Å²) in [6, 6.07) is 11.3. The quantitative estimate of drug-likeness (QED) is 0.654. The molecule has 7 heteroatoms. The summed E-state index contributed by atoms with van der Waals surface area (Å²) in [6.07, 6.45) is 0.775. The van der Waals surface area contributed by atoms with E-state index < -0.39 is 0 Å². The molecule has 0 heterocycles. The average Bonchev–Trinajstić information content (AvgIpc) is 2.55. The minimum Gasteiger partial charge on any atom is -0.496 e. The summed E-state index contributed by atoms with van der Waals surface area (Å²) in [5.41, 5.74) is 1.82. The molecule has 0 spiro atoms. The summed E-state index contributed by atoms with van der Waals surface area (Å²) in [4.78, 5) is 0. The largest absolute Gasteiger partial charge is 0.496 e. The summed E-state index contributed by atoms with van der Waals surface area (Å²) in [5.74, 6) is 1.53. The molecule has 2 rings (SSSR count). The lowest BCUT2D eigenvalue weighted by Crippen LogP contribution is -2.30. The van der Waals surface area contributed by atoms with Gasteiger partial charge < -0.3 is 20.1 Å². The molecule has 0 aromatic heterocycles. The van der Waals surface area contributed by atoms with E-state index in [-0.39, 0.29) is 0 Å². The number of anilines is 1. The van der Waals surface area contributed by atoms with Crippen LogP contribution in [0, 0.1) is 0 Å². The molecule has 0 unspecified atom stereocenters. The summed E-state index contributed by atoms with van der Waals surface area (Å²) in [6.45, 7) is 0.668. The van der Waals surface area contributed by atoms with Crippen LogP contribution in [0.3, 0.4) is 0 Å². The van der Waals surface area contributed by atoms with Gasteiger partial charge in [-0.15, -0.1) is 0 Å². The Bertz CT molecular complexity index is 728. The lowest BCUT2D eigenvalue weighted by molar-refractivity contribution is 0.409. The number of hydrogen-bond acceptors (Lipinski definition) is 3. The van der Waals surface area contributed by atoms with E-state index in [0.717, 1.165) is 27.9 Å². The second-order valence-electron chi connectivity index (χ2n) is 4.93. The molecule has 0 saturated carbocycles. The number of nitrogens with one attached hydrogen (secondary N) is 2. The molecule has 0 aliphatic rings. The normalized spacial score (nSPS) is 10.2. The van der Waals surface area contributed by atoms with Gasteiger partial charge >= 0.3 is 0 Å². The molecule has 2 aromatic rings. The van der Waals surface area contributed by atoms with Gasteiger partial charge in [-0.05, 0) is 60.6 Å². The van der Waals surface area contributed by atoms with E-state index in [4.69, 9.17) is 33.3 Å². The number of methoxy groups -OCH3 is 2. The van der Waals surface area contributed by atoms with Crippen molar-refractivity contribution in [1.29, 1.82) is 0 Å². The third kappa shape index (κ3) is 5.26. The topological polar surface area (TPSA) is 42.5 Å². The fourth-order valence-corrected chi connectivity index (χ4v) is 2.99. The van der Waals surface area contributed by atoms with Crippen LogP contribution in [0.4, 0.5) is 5.69 Å². The maximum atomic E-state index is 6.01. The van der Waals surface area contributed by atoms with Crippen LogP contribution in [0.5, 0.6) is 11.5 Å². The van der Waals surface area contributed by atoms with E-state index in [1.165, 1.54) is 0 Å². The molecule has 0 fully saturated rings. The predicted octanol–water partition coefficient (Wildman–Crippen LogP) is 4.65. The first-order valence-electron chi connectivity index (χ1n) is 7.24. The fourth-order valence-electron chi connectivity index (χ4n) is 2.20. The molecule has 128 valence electrons. The number of hydrogen-bond donors (Lipinski definition) is 2. The fraction of sp³-hybridized carbons (Fsp3) is 0.235. The summed E-state index contributed by atoms with van der Waals surface area (Å²) >= 11 is 14.8. The van der Waals surface area contributed by atoms with Crippen LogP contribution in [0.25, 0.3) is 0 Å². The second kappa shape index (κ2) is 9.11. The van der Waals surface area contributed by atoms with Gasteiger partial charge in [-0.3, -0.25) is 0 Å². The number of halogens is 2. The number of rotatable bonds is 6. The molecule has 0 bridgehead atoms. The zero-order valence-electron chi connectivity index (χ0n) is 13.4. The van der Waals surface area contributed by atoms with Gasteiger partial charge in [0.1, 0.15) is 11.5 Å². The van der Waals surface area contributed by atoms with Crippen molar-refractivity contribution >= 4 is 50.5 Å². The highest BCUT2D eigenvalue weighted by molar-refractivity contribution is 9.10. The Balaban J connectivity index is 1.92. The Labute approximate surface area is 160 Å². The van der Waals surface area contributed by atoms with Gasteiger partial charge in [-0.1, -0.05) is 27.5 Å². The Morgan fingerprint density at radius 1 is 1.12 bits per heavy atom. The highest BCUT2D eigenvalue weighted by atomic mass is 79.9. The molecule has 0 aliphatic heterocycles. The standard InChI is InChI=1S/C17H18BrClN2O2S/c1-22-15-5-3-12(18)9-11(15)7-8-20-17(24)21-14-10-13(19)4-6-16(14)23-2/h3-6,9-10H,7-8H2,1-2H3,(H2,20,21,24). The molecule has 0 aliphatic carbocycles. The third-order valence-corrected chi connectivity index (χ3v) is 4.31. The maximum Gasteiger partial charge on any atom is 0.170 e. The van der Waals surface area contributed by atoms with E-state index in [9.17, 15) is 0 Å². The van der Waals surface area contributed by atoms with Crippen molar-refractivity contribution in [3.63, 3.8) is 0 Å². The summed E-state index contributed by atoms with van der Waals surface area (Å²) in [5, 5.41) is 7.39. The smallest absolute Gasteiger partial charge is 0.170 e. The highest BCUT2D eigenvalue weighted by Crippen LogP contribution is 2.27. The zero-order valence-corrected chi connectivity index (χ0v) is 16.5. The van der Waals surface area contributed by atoms with Crippen molar-refractivity contribution in [1.82, 2.24) is 5.32 Å². The van der Waals surface area contributed by atoms with Gasteiger partial charge in [0, 0.05) is 16.0 Å². The summed E-state index contributed by atoms with van der Waals surface area (Å²) in [7, 11) is 3.27. The average molecular weight is 430 g/mol. The number of thiocarbonyl (C=S) groups is 1. The molecule has 2 N–H and O–H groups in total. The SMILES string of the molecule is COc1ccc(Br)cc1CCNC(=S)Nc1cc(Cl)ccc1OC. The Kier molecular flexibility index (Phi) is 7.15. The van der Waals surface area contributed by atoms with Crippen LogP contribution < -0.4 is 20.1 Å². The highest BCUT2D eigenvalue weighted by Gasteiger charge is 2.07. The van der Waals surface area contributed by atoms with Crippen molar-refractivity contribution in [2.75, 3.05) is 26.1 Å². The number of benzene rings is 2. The first-order chi connectivity index (χ1) is 11.5. The van der Waals surface area contributed by atoms with E-state index >= 15 is 0 Å². The van der Waals surface area contributed by atoms with Gasteiger partial charge in [0.25, 0.3) is 0 Å².